The van der Waals surface area contributed by atoms with E-state index < -0.39 is 0 Å². The zero-order valence-electron chi connectivity index (χ0n) is 15.0. The van der Waals surface area contributed by atoms with Gasteiger partial charge in [-0.1, -0.05) is 44.2 Å². The topological polar surface area (TPSA) is 42.4 Å². The fraction of sp³-hybridized carbons (Fsp3) is 0.579. The average molecular weight is 346 g/mol. The fourth-order valence-corrected chi connectivity index (χ4v) is 4.01. The fourth-order valence-electron chi connectivity index (χ4n) is 3.05. The predicted octanol–water partition coefficient (Wildman–Crippen LogP) is 4.41. The molecule has 0 unspecified atom stereocenters. The van der Waals surface area contributed by atoms with Crippen LogP contribution in [0.3, 0.4) is 0 Å². The summed E-state index contributed by atoms with van der Waals surface area (Å²) < 4.78 is 7.26. The maximum absolute atomic E-state index is 12.3. The van der Waals surface area contributed by atoms with Gasteiger partial charge in [-0.25, -0.2) is 4.98 Å². The van der Waals surface area contributed by atoms with Crippen molar-refractivity contribution in [2.24, 2.45) is 5.41 Å². The van der Waals surface area contributed by atoms with Gasteiger partial charge in [0.1, 0.15) is 6.10 Å². The maximum atomic E-state index is 12.3. The zero-order chi connectivity index (χ0) is 17.3. The first-order chi connectivity index (χ1) is 11.3. The molecule has 1 fully saturated rings. The van der Waals surface area contributed by atoms with Crippen molar-refractivity contribution in [2.75, 3.05) is 13.1 Å². The number of piperidine rings is 1. The lowest BCUT2D eigenvalue weighted by Gasteiger charge is -2.33. The van der Waals surface area contributed by atoms with Gasteiger partial charge in [-0.05, 0) is 24.0 Å². The molecule has 4 nitrogen and oxygen atoms in total. The Bertz CT molecular complexity index is 725. The van der Waals surface area contributed by atoms with Crippen LogP contribution < -0.4 is 4.74 Å². The molecule has 130 valence electrons. The summed E-state index contributed by atoms with van der Waals surface area (Å²) in [6.07, 6.45) is 2.52. The first-order valence-corrected chi connectivity index (χ1v) is 9.44. The van der Waals surface area contributed by atoms with Crippen LogP contribution in [0, 0.1) is 12.3 Å². The number of benzene rings is 1. The molecule has 0 bridgehead atoms. The van der Waals surface area contributed by atoms with Crippen LogP contribution in [0.5, 0.6) is 5.19 Å². The van der Waals surface area contributed by atoms with Crippen LogP contribution in [0.2, 0.25) is 0 Å². The highest BCUT2D eigenvalue weighted by molar-refractivity contribution is 7.20. The van der Waals surface area contributed by atoms with Gasteiger partial charge in [-0.15, -0.1) is 0 Å². The average Bonchev–Trinajstić information content (AvgIpc) is 2.90. The van der Waals surface area contributed by atoms with Gasteiger partial charge in [-0.3, -0.25) is 4.79 Å². The lowest BCUT2D eigenvalue weighted by Crippen LogP contribution is -2.42. The SMILES string of the molecule is Cc1cccc2sc(OC3CCN(C(=O)CC(C)(C)C)CC3)nc12. The first-order valence-electron chi connectivity index (χ1n) is 8.62. The number of para-hydroxylation sites is 1. The monoisotopic (exact) mass is 346 g/mol. The number of aromatic nitrogens is 1. The molecule has 0 saturated carbocycles. The summed E-state index contributed by atoms with van der Waals surface area (Å²) >= 11 is 1.61. The minimum Gasteiger partial charge on any atom is -0.467 e. The van der Waals surface area contributed by atoms with Gasteiger partial charge in [0.2, 0.25) is 5.91 Å². The third-order valence-corrected chi connectivity index (χ3v) is 5.26. The summed E-state index contributed by atoms with van der Waals surface area (Å²) in [6, 6.07) is 6.21. The standard InChI is InChI=1S/C19H26N2O2S/c1-13-6-5-7-15-17(13)20-18(24-15)23-14-8-10-21(11-9-14)16(22)12-19(2,3)4/h5-7,14H,8-12H2,1-4H3. The quantitative estimate of drug-likeness (QED) is 0.827. The summed E-state index contributed by atoms with van der Waals surface area (Å²) in [7, 11) is 0. The summed E-state index contributed by atoms with van der Waals surface area (Å²) in [4.78, 5) is 18.9. The molecule has 1 amide bonds. The number of likely N-dealkylation sites (tertiary alicyclic amines) is 1. The number of aryl methyl sites for hydroxylation is 1. The smallest absolute Gasteiger partial charge is 0.274 e. The lowest BCUT2D eigenvalue weighted by atomic mass is 9.91. The molecule has 1 aromatic carbocycles. The minimum absolute atomic E-state index is 0.0449. The van der Waals surface area contributed by atoms with Crippen molar-refractivity contribution < 1.29 is 9.53 Å². The van der Waals surface area contributed by atoms with Crippen LogP contribution in [0.4, 0.5) is 0 Å². The summed E-state index contributed by atoms with van der Waals surface area (Å²) in [5, 5.41) is 0.749. The van der Waals surface area contributed by atoms with Gasteiger partial charge in [0.05, 0.1) is 10.2 Å². The van der Waals surface area contributed by atoms with Crippen LogP contribution in [-0.2, 0) is 4.79 Å². The van der Waals surface area contributed by atoms with Gasteiger partial charge in [0.15, 0.2) is 0 Å². The molecular formula is C19H26N2O2S. The van der Waals surface area contributed by atoms with Crippen LogP contribution in [0.25, 0.3) is 10.2 Å². The third-order valence-electron chi connectivity index (χ3n) is 4.34. The number of thiazole rings is 1. The number of carbonyl (C=O) groups excluding carboxylic acids is 1. The Balaban J connectivity index is 1.57. The zero-order valence-corrected chi connectivity index (χ0v) is 15.8. The number of fused-ring (bicyclic) bond motifs is 1. The molecule has 2 aromatic rings. The van der Waals surface area contributed by atoms with E-state index >= 15 is 0 Å². The molecule has 1 aliphatic rings. The molecular weight excluding hydrogens is 320 g/mol. The van der Waals surface area contributed by atoms with Gasteiger partial charge in [0.25, 0.3) is 5.19 Å². The first kappa shape index (κ1) is 17.2. The van der Waals surface area contributed by atoms with E-state index in [9.17, 15) is 4.79 Å². The number of rotatable bonds is 3. The lowest BCUT2D eigenvalue weighted by molar-refractivity contribution is -0.134. The second kappa shape index (κ2) is 6.71. The second-order valence-corrected chi connectivity index (χ2v) is 8.83. The van der Waals surface area contributed by atoms with Gasteiger partial charge >= 0.3 is 0 Å². The summed E-state index contributed by atoms with van der Waals surface area (Å²) in [5.41, 5.74) is 2.26. The summed E-state index contributed by atoms with van der Waals surface area (Å²) in [5.74, 6) is 0.261. The van der Waals surface area contributed by atoms with Crippen molar-refractivity contribution in [3.05, 3.63) is 23.8 Å². The highest BCUT2D eigenvalue weighted by atomic mass is 32.1. The molecule has 0 aliphatic carbocycles. The highest BCUT2D eigenvalue weighted by Crippen LogP contribution is 2.31. The Morgan fingerprint density at radius 3 is 2.67 bits per heavy atom. The second-order valence-electron chi connectivity index (χ2n) is 7.84. The van der Waals surface area contributed by atoms with E-state index in [0.29, 0.717) is 6.42 Å². The van der Waals surface area contributed by atoms with Crippen LogP contribution in [0.1, 0.15) is 45.6 Å². The van der Waals surface area contributed by atoms with E-state index in [0.717, 1.165) is 36.6 Å². The maximum Gasteiger partial charge on any atom is 0.274 e. The van der Waals surface area contributed by atoms with E-state index in [1.807, 2.05) is 4.90 Å². The number of carbonyl (C=O) groups is 1. The molecule has 3 rings (SSSR count). The van der Waals surface area contributed by atoms with Crippen LogP contribution in [-0.4, -0.2) is 35.0 Å². The molecule has 5 heteroatoms. The number of ether oxygens (including phenoxy) is 1. The Labute approximate surface area is 147 Å². The number of amides is 1. The van der Waals surface area contributed by atoms with Gasteiger partial charge in [-0.2, -0.15) is 0 Å². The summed E-state index contributed by atoms with van der Waals surface area (Å²) in [6.45, 7) is 9.96. The Morgan fingerprint density at radius 2 is 2.04 bits per heavy atom. The third kappa shape index (κ3) is 4.07. The van der Waals surface area contributed by atoms with Crippen LogP contribution >= 0.6 is 11.3 Å². The highest BCUT2D eigenvalue weighted by Gasteiger charge is 2.27. The van der Waals surface area contributed by atoms with Crippen molar-refractivity contribution in [3.63, 3.8) is 0 Å². The Morgan fingerprint density at radius 1 is 1.33 bits per heavy atom. The molecule has 1 aromatic heterocycles. The van der Waals surface area contributed by atoms with Crippen molar-refractivity contribution in [1.82, 2.24) is 9.88 Å². The minimum atomic E-state index is 0.0449. The molecule has 1 saturated heterocycles. The molecule has 24 heavy (non-hydrogen) atoms. The molecule has 0 N–H and O–H groups in total. The van der Waals surface area contributed by atoms with Gasteiger partial charge < -0.3 is 9.64 Å². The van der Waals surface area contributed by atoms with E-state index in [-0.39, 0.29) is 17.4 Å². The largest absolute Gasteiger partial charge is 0.467 e. The van der Waals surface area contributed by atoms with Crippen molar-refractivity contribution in [1.29, 1.82) is 0 Å². The normalized spacial score (nSPS) is 16.6. The molecule has 0 spiro atoms. The van der Waals surface area contributed by atoms with E-state index in [4.69, 9.17) is 4.74 Å². The van der Waals surface area contributed by atoms with E-state index in [2.05, 4.69) is 50.9 Å². The van der Waals surface area contributed by atoms with Crippen molar-refractivity contribution in [2.45, 2.75) is 53.1 Å². The molecule has 1 aliphatic heterocycles. The van der Waals surface area contributed by atoms with Crippen molar-refractivity contribution >= 4 is 27.5 Å². The van der Waals surface area contributed by atoms with E-state index in [1.165, 1.54) is 10.3 Å². The number of hydrogen-bond acceptors (Lipinski definition) is 4. The van der Waals surface area contributed by atoms with Crippen LogP contribution in [0.15, 0.2) is 18.2 Å². The van der Waals surface area contributed by atoms with E-state index in [1.54, 1.807) is 11.3 Å². The number of nitrogens with zero attached hydrogens (tertiary/aromatic N) is 2. The number of hydrogen-bond donors (Lipinski definition) is 0. The Kier molecular flexibility index (Phi) is 4.81. The van der Waals surface area contributed by atoms with Gasteiger partial charge in [0, 0.05) is 32.4 Å². The predicted molar refractivity (Wildman–Crippen MR) is 98.7 cm³/mol. The Hall–Kier alpha value is -1.62. The molecule has 0 radical (unpaired) electrons. The molecule has 0 atom stereocenters. The van der Waals surface area contributed by atoms with Crippen molar-refractivity contribution in [3.8, 4) is 5.19 Å². The molecule has 2 heterocycles.